The van der Waals surface area contributed by atoms with Gasteiger partial charge in [0.05, 0.1) is 32.3 Å². The number of carbonyl (C=O) groups excluding carboxylic acids is 1. The molecular formula is C21H25NO3. The number of nitrogens with zero attached hydrogens (tertiary/aromatic N) is 1. The molecule has 1 saturated heterocycles. The SMILES string of the molecule is COc1cccc(C(Cc2ccccc2)C(=O)N2CCOCC2C)c1. The summed E-state index contributed by atoms with van der Waals surface area (Å²) in [5.74, 6) is 0.712. The van der Waals surface area contributed by atoms with Crippen LogP contribution in [0.25, 0.3) is 0 Å². The quantitative estimate of drug-likeness (QED) is 0.839. The maximum atomic E-state index is 13.3. The van der Waals surface area contributed by atoms with Gasteiger partial charge in [0.2, 0.25) is 5.91 Å². The molecule has 0 aliphatic carbocycles. The Hall–Kier alpha value is -2.33. The standard InChI is InChI=1S/C21H25NO3/c1-16-15-25-12-11-22(16)21(23)20(13-17-7-4-3-5-8-17)18-9-6-10-19(14-18)24-2/h3-10,14,16,20H,11-13,15H2,1-2H3. The van der Waals surface area contributed by atoms with E-state index in [1.54, 1.807) is 7.11 Å². The van der Waals surface area contributed by atoms with Crippen molar-refractivity contribution in [1.82, 2.24) is 4.90 Å². The van der Waals surface area contributed by atoms with Crippen LogP contribution in [-0.2, 0) is 16.0 Å². The van der Waals surface area contributed by atoms with Crippen LogP contribution in [-0.4, -0.2) is 43.7 Å². The van der Waals surface area contributed by atoms with E-state index in [1.165, 1.54) is 0 Å². The topological polar surface area (TPSA) is 38.8 Å². The third-order valence-electron chi connectivity index (χ3n) is 4.73. The molecule has 1 aliphatic rings. The number of rotatable bonds is 5. The van der Waals surface area contributed by atoms with Gasteiger partial charge in [0.15, 0.2) is 0 Å². The lowest BCUT2D eigenvalue weighted by Gasteiger charge is -2.36. The molecule has 1 fully saturated rings. The molecule has 1 aliphatic heterocycles. The number of ether oxygens (including phenoxy) is 2. The minimum atomic E-state index is -0.224. The highest BCUT2D eigenvalue weighted by Gasteiger charge is 2.31. The van der Waals surface area contributed by atoms with E-state index in [4.69, 9.17) is 9.47 Å². The number of hydrogen-bond acceptors (Lipinski definition) is 3. The van der Waals surface area contributed by atoms with Crippen LogP contribution in [0.1, 0.15) is 24.0 Å². The van der Waals surface area contributed by atoms with Gasteiger partial charge in [-0.1, -0.05) is 42.5 Å². The minimum Gasteiger partial charge on any atom is -0.497 e. The van der Waals surface area contributed by atoms with Crippen molar-refractivity contribution in [1.29, 1.82) is 0 Å². The van der Waals surface area contributed by atoms with Crippen molar-refractivity contribution < 1.29 is 14.3 Å². The van der Waals surface area contributed by atoms with Crippen LogP contribution in [0.4, 0.5) is 0 Å². The lowest BCUT2D eigenvalue weighted by molar-refractivity contribution is -0.140. The van der Waals surface area contributed by atoms with Gasteiger partial charge in [-0.2, -0.15) is 0 Å². The maximum absolute atomic E-state index is 13.3. The Morgan fingerprint density at radius 1 is 1.24 bits per heavy atom. The van der Waals surface area contributed by atoms with E-state index in [0.29, 0.717) is 26.2 Å². The predicted molar refractivity (Wildman–Crippen MR) is 97.9 cm³/mol. The zero-order valence-corrected chi connectivity index (χ0v) is 14.9. The first kappa shape index (κ1) is 17.5. The Labute approximate surface area is 149 Å². The van der Waals surface area contributed by atoms with E-state index in [-0.39, 0.29) is 17.9 Å². The molecule has 3 rings (SSSR count). The highest BCUT2D eigenvalue weighted by molar-refractivity contribution is 5.84. The second-order valence-electron chi connectivity index (χ2n) is 6.47. The molecule has 132 valence electrons. The summed E-state index contributed by atoms with van der Waals surface area (Å²) in [5, 5.41) is 0. The first-order chi connectivity index (χ1) is 12.2. The van der Waals surface area contributed by atoms with E-state index in [1.807, 2.05) is 54.3 Å². The van der Waals surface area contributed by atoms with Gasteiger partial charge in [0.1, 0.15) is 5.75 Å². The fourth-order valence-corrected chi connectivity index (χ4v) is 3.31. The molecule has 25 heavy (non-hydrogen) atoms. The molecule has 0 aromatic heterocycles. The summed E-state index contributed by atoms with van der Waals surface area (Å²) >= 11 is 0. The first-order valence-corrected chi connectivity index (χ1v) is 8.75. The number of morpholine rings is 1. The Morgan fingerprint density at radius 2 is 2.04 bits per heavy atom. The number of carbonyl (C=O) groups is 1. The molecule has 1 heterocycles. The molecule has 0 N–H and O–H groups in total. The Kier molecular flexibility index (Phi) is 5.71. The van der Waals surface area contributed by atoms with Crippen LogP contribution in [0.15, 0.2) is 54.6 Å². The Balaban J connectivity index is 1.91. The monoisotopic (exact) mass is 339 g/mol. The van der Waals surface area contributed by atoms with E-state index in [0.717, 1.165) is 16.9 Å². The average molecular weight is 339 g/mol. The van der Waals surface area contributed by atoms with Crippen molar-refractivity contribution in [2.45, 2.75) is 25.3 Å². The number of hydrogen-bond donors (Lipinski definition) is 0. The van der Waals surface area contributed by atoms with Gasteiger partial charge < -0.3 is 14.4 Å². The molecule has 2 unspecified atom stereocenters. The lowest BCUT2D eigenvalue weighted by Crippen LogP contribution is -2.49. The first-order valence-electron chi connectivity index (χ1n) is 8.75. The van der Waals surface area contributed by atoms with E-state index in [9.17, 15) is 4.79 Å². The van der Waals surface area contributed by atoms with E-state index in [2.05, 4.69) is 12.1 Å². The van der Waals surface area contributed by atoms with Crippen LogP contribution >= 0.6 is 0 Å². The normalized spacial score (nSPS) is 18.6. The van der Waals surface area contributed by atoms with Crippen LogP contribution < -0.4 is 4.74 Å². The third kappa shape index (κ3) is 4.20. The molecular weight excluding hydrogens is 314 g/mol. The summed E-state index contributed by atoms with van der Waals surface area (Å²) in [6.07, 6.45) is 0.677. The van der Waals surface area contributed by atoms with E-state index < -0.39 is 0 Å². The molecule has 2 atom stereocenters. The van der Waals surface area contributed by atoms with Gasteiger partial charge >= 0.3 is 0 Å². The minimum absolute atomic E-state index is 0.102. The molecule has 2 aromatic carbocycles. The van der Waals surface area contributed by atoms with Gasteiger partial charge in [0.25, 0.3) is 0 Å². The zero-order valence-electron chi connectivity index (χ0n) is 14.9. The van der Waals surface area contributed by atoms with Gasteiger partial charge in [-0.3, -0.25) is 4.79 Å². The summed E-state index contributed by atoms with van der Waals surface area (Å²) in [6.45, 7) is 3.89. The molecule has 2 aromatic rings. The third-order valence-corrected chi connectivity index (χ3v) is 4.73. The molecule has 4 nitrogen and oxygen atoms in total. The summed E-state index contributed by atoms with van der Waals surface area (Å²) in [7, 11) is 1.65. The molecule has 0 bridgehead atoms. The highest BCUT2D eigenvalue weighted by Crippen LogP contribution is 2.28. The summed E-state index contributed by atoms with van der Waals surface area (Å²) in [6, 6.07) is 18.1. The largest absolute Gasteiger partial charge is 0.497 e. The van der Waals surface area contributed by atoms with Gasteiger partial charge in [-0.15, -0.1) is 0 Å². The number of amides is 1. The maximum Gasteiger partial charge on any atom is 0.230 e. The predicted octanol–water partition coefficient (Wildman–Crippen LogP) is 3.27. The molecule has 0 spiro atoms. The van der Waals surface area contributed by atoms with Crippen molar-refractivity contribution in [2.24, 2.45) is 0 Å². The Morgan fingerprint density at radius 3 is 2.76 bits per heavy atom. The Bertz CT molecular complexity index is 701. The lowest BCUT2D eigenvalue weighted by atomic mass is 9.90. The number of benzene rings is 2. The summed E-state index contributed by atoms with van der Waals surface area (Å²) in [5.41, 5.74) is 2.15. The summed E-state index contributed by atoms with van der Waals surface area (Å²) < 4.78 is 10.8. The molecule has 1 amide bonds. The molecule has 0 radical (unpaired) electrons. The van der Waals surface area contributed by atoms with Crippen molar-refractivity contribution in [3.63, 3.8) is 0 Å². The second-order valence-corrected chi connectivity index (χ2v) is 6.47. The average Bonchev–Trinajstić information content (AvgIpc) is 2.67. The number of methoxy groups -OCH3 is 1. The van der Waals surface area contributed by atoms with Crippen LogP contribution in [0.3, 0.4) is 0 Å². The fraction of sp³-hybridized carbons (Fsp3) is 0.381. The molecule has 0 saturated carbocycles. The second kappa shape index (κ2) is 8.17. The van der Waals surface area contributed by atoms with Gasteiger partial charge in [-0.05, 0) is 36.6 Å². The zero-order chi connectivity index (χ0) is 17.6. The fourth-order valence-electron chi connectivity index (χ4n) is 3.31. The van der Waals surface area contributed by atoms with Crippen molar-refractivity contribution >= 4 is 5.91 Å². The van der Waals surface area contributed by atoms with Gasteiger partial charge in [0, 0.05) is 6.54 Å². The molecule has 4 heteroatoms. The van der Waals surface area contributed by atoms with Crippen LogP contribution in [0, 0.1) is 0 Å². The van der Waals surface area contributed by atoms with Crippen LogP contribution in [0.2, 0.25) is 0 Å². The van der Waals surface area contributed by atoms with Crippen molar-refractivity contribution in [3.05, 3.63) is 65.7 Å². The van der Waals surface area contributed by atoms with Gasteiger partial charge in [-0.25, -0.2) is 0 Å². The van der Waals surface area contributed by atoms with Crippen LogP contribution in [0.5, 0.6) is 5.75 Å². The van der Waals surface area contributed by atoms with Crippen molar-refractivity contribution in [3.8, 4) is 5.75 Å². The van der Waals surface area contributed by atoms with E-state index >= 15 is 0 Å². The van der Waals surface area contributed by atoms with Crippen molar-refractivity contribution in [2.75, 3.05) is 26.9 Å². The smallest absolute Gasteiger partial charge is 0.230 e. The highest BCUT2D eigenvalue weighted by atomic mass is 16.5. The summed E-state index contributed by atoms with van der Waals surface area (Å²) in [4.78, 5) is 15.3.